The molecule has 0 aromatic heterocycles. The summed E-state index contributed by atoms with van der Waals surface area (Å²) in [5, 5.41) is 2.28. The first-order chi connectivity index (χ1) is 9.79. The van der Waals surface area contributed by atoms with Crippen molar-refractivity contribution in [3.05, 3.63) is 48.0 Å². The first-order valence-corrected chi connectivity index (χ1v) is 7.13. The van der Waals surface area contributed by atoms with E-state index < -0.39 is 11.0 Å². The maximum Gasteiger partial charge on any atom is 0.306 e. The van der Waals surface area contributed by atoms with Crippen LogP contribution in [-0.4, -0.2) is 18.6 Å². The number of ether oxygens (including phenoxy) is 1. The molecule has 1 atom stereocenters. The normalized spacial score (nSPS) is 14.7. The summed E-state index contributed by atoms with van der Waals surface area (Å²) >= 11 is 0. The molecule has 21 heavy (non-hydrogen) atoms. The molecule has 0 saturated carbocycles. The predicted molar refractivity (Wildman–Crippen MR) is 86.2 cm³/mol. The van der Waals surface area contributed by atoms with Gasteiger partial charge in [-0.3, -0.25) is 4.79 Å². The number of hydrogen-bond acceptors (Lipinski definition) is 3. The van der Waals surface area contributed by atoms with E-state index in [1.165, 1.54) is 7.11 Å². The van der Waals surface area contributed by atoms with Crippen molar-refractivity contribution in [2.75, 3.05) is 7.11 Å². The van der Waals surface area contributed by atoms with Crippen molar-refractivity contribution in [3.8, 4) is 0 Å². The average Bonchev–Trinajstić information content (AvgIpc) is 2.45. The van der Waals surface area contributed by atoms with Crippen LogP contribution in [0.2, 0.25) is 0 Å². The number of nitrogens with two attached hydrogens (primary N) is 1. The van der Waals surface area contributed by atoms with E-state index >= 15 is 0 Å². The van der Waals surface area contributed by atoms with Gasteiger partial charge in [-0.15, -0.1) is 0 Å². The Hall–Kier alpha value is -1.87. The highest BCUT2D eigenvalue weighted by molar-refractivity contribution is 5.87. The van der Waals surface area contributed by atoms with Crippen LogP contribution in [0.3, 0.4) is 0 Å². The van der Waals surface area contributed by atoms with Crippen LogP contribution in [0.1, 0.15) is 32.8 Å². The fourth-order valence-corrected chi connectivity index (χ4v) is 2.74. The first kappa shape index (κ1) is 15.5. The van der Waals surface area contributed by atoms with Crippen molar-refractivity contribution in [2.24, 2.45) is 5.73 Å². The molecule has 0 spiro atoms. The van der Waals surface area contributed by atoms with Crippen molar-refractivity contribution in [2.45, 2.75) is 38.1 Å². The number of esters is 1. The Balaban J connectivity index is 2.67. The van der Waals surface area contributed by atoms with Crippen LogP contribution in [0.4, 0.5) is 0 Å². The standard InChI is InChI=1S/C18H23NO2/c1-17(2,19)18(3,12-16(20)21-4)15-11-7-9-13-8-5-6-10-14(13)15/h5-11H,12,19H2,1-4H3. The van der Waals surface area contributed by atoms with Gasteiger partial charge in [0, 0.05) is 11.0 Å². The summed E-state index contributed by atoms with van der Waals surface area (Å²) < 4.78 is 4.88. The summed E-state index contributed by atoms with van der Waals surface area (Å²) in [6.45, 7) is 5.95. The fraction of sp³-hybridized carbons (Fsp3) is 0.389. The zero-order chi connectivity index (χ0) is 15.7. The molecule has 0 fully saturated rings. The second-order valence-corrected chi connectivity index (χ2v) is 6.33. The second-order valence-electron chi connectivity index (χ2n) is 6.33. The number of benzene rings is 2. The van der Waals surface area contributed by atoms with Crippen molar-refractivity contribution in [1.82, 2.24) is 0 Å². The number of hydrogen-bond donors (Lipinski definition) is 1. The van der Waals surface area contributed by atoms with E-state index in [-0.39, 0.29) is 12.4 Å². The van der Waals surface area contributed by atoms with E-state index in [0.717, 1.165) is 16.3 Å². The van der Waals surface area contributed by atoms with Gasteiger partial charge in [-0.1, -0.05) is 49.4 Å². The van der Waals surface area contributed by atoms with Gasteiger partial charge >= 0.3 is 5.97 Å². The zero-order valence-electron chi connectivity index (χ0n) is 13.1. The summed E-state index contributed by atoms with van der Waals surface area (Å²) in [6.07, 6.45) is 0.251. The highest BCUT2D eigenvalue weighted by Gasteiger charge is 2.42. The van der Waals surface area contributed by atoms with Crippen LogP contribution in [0, 0.1) is 0 Å². The highest BCUT2D eigenvalue weighted by Crippen LogP contribution is 2.40. The van der Waals surface area contributed by atoms with Crippen LogP contribution >= 0.6 is 0 Å². The second kappa shape index (κ2) is 5.49. The molecular formula is C18H23NO2. The molecule has 0 aliphatic rings. The molecule has 0 radical (unpaired) electrons. The van der Waals surface area contributed by atoms with Crippen LogP contribution in [0.25, 0.3) is 10.8 Å². The number of rotatable bonds is 4. The number of fused-ring (bicyclic) bond motifs is 1. The van der Waals surface area contributed by atoms with Gasteiger partial charge < -0.3 is 10.5 Å². The van der Waals surface area contributed by atoms with Crippen molar-refractivity contribution < 1.29 is 9.53 Å². The molecule has 2 aromatic carbocycles. The largest absolute Gasteiger partial charge is 0.469 e. The molecule has 2 rings (SSSR count). The third-order valence-corrected chi connectivity index (χ3v) is 4.53. The minimum absolute atomic E-state index is 0.246. The zero-order valence-corrected chi connectivity index (χ0v) is 13.1. The topological polar surface area (TPSA) is 52.3 Å². The maximum atomic E-state index is 11.9. The van der Waals surface area contributed by atoms with E-state index in [9.17, 15) is 4.79 Å². The lowest BCUT2D eigenvalue weighted by atomic mass is 9.65. The van der Waals surface area contributed by atoms with Gasteiger partial charge in [0.05, 0.1) is 13.5 Å². The van der Waals surface area contributed by atoms with Crippen LogP contribution < -0.4 is 5.73 Å². The van der Waals surface area contributed by atoms with Gasteiger partial charge in [0.1, 0.15) is 0 Å². The van der Waals surface area contributed by atoms with Crippen LogP contribution in [0.15, 0.2) is 42.5 Å². The lowest BCUT2D eigenvalue weighted by Crippen LogP contribution is -2.53. The fourth-order valence-electron chi connectivity index (χ4n) is 2.74. The Morgan fingerprint density at radius 1 is 1.10 bits per heavy atom. The molecule has 0 amide bonds. The van der Waals surface area contributed by atoms with E-state index in [0.29, 0.717) is 0 Å². The van der Waals surface area contributed by atoms with Gasteiger partial charge in [-0.2, -0.15) is 0 Å². The summed E-state index contributed by atoms with van der Waals surface area (Å²) in [5.41, 5.74) is 6.44. The van der Waals surface area contributed by atoms with Crippen molar-refractivity contribution in [1.29, 1.82) is 0 Å². The predicted octanol–water partition coefficient (Wildman–Crippen LogP) is 3.40. The third kappa shape index (κ3) is 2.79. The smallest absolute Gasteiger partial charge is 0.306 e. The molecule has 1 unspecified atom stereocenters. The van der Waals surface area contributed by atoms with Gasteiger partial charge in [-0.25, -0.2) is 0 Å². The minimum atomic E-state index is -0.564. The van der Waals surface area contributed by atoms with E-state index in [4.69, 9.17) is 10.5 Å². The van der Waals surface area contributed by atoms with E-state index in [1.54, 1.807) is 0 Å². The van der Waals surface area contributed by atoms with E-state index in [1.807, 2.05) is 39.0 Å². The Morgan fingerprint density at radius 2 is 1.71 bits per heavy atom. The molecule has 0 bridgehead atoms. The summed E-state index contributed by atoms with van der Waals surface area (Å²) in [6, 6.07) is 14.3. The molecule has 3 nitrogen and oxygen atoms in total. The Labute approximate surface area is 126 Å². The SMILES string of the molecule is COC(=O)CC(C)(c1cccc2ccccc12)C(C)(C)N. The van der Waals surface area contributed by atoms with Crippen molar-refractivity contribution >= 4 is 16.7 Å². The van der Waals surface area contributed by atoms with Gasteiger partial charge in [0.2, 0.25) is 0 Å². The Morgan fingerprint density at radius 3 is 2.33 bits per heavy atom. The lowest BCUT2D eigenvalue weighted by Gasteiger charge is -2.42. The van der Waals surface area contributed by atoms with Gasteiger partial charge in [0.25, 0.3) is 0 Å². The van der Waals surface area contributed by atoms with Crippen LogP contribution in [-0.2, 0) is 14.9 Å². The summed E-state index contributed by atoms with van der Waals surface area (Å²) in [5.74, 6) is -0.246. The molecule has 0 heterocycles. The maximum absolute atomic E-state index is 11.9. The first-order valence-electron chi connectivity index (χ1n) is 7.13. The Kier molecular flexibility index (Phi) is 4.06. The molecule has 0 aliphatic carbocycles. The molecule has 3 heteroatoms. The highest BCUT2D eigenvalue weighted by atomic mass is 16.5. The lowest BCUT2D eigenvalue weighted by molar-refractivity contribution is -0.142. The minimum Gasteiger partial charge on any atom is -0.469 e. The molecule has 0 saturated heterocycles. The molecule has 2 N–H and O–H groups in total. The van der Waals surface area contributed by atoms with Gasteiger partial charge in [0.15, 0.2) is 0 Å². The third-order valence-electron chi connectivity index (χ3n) is 4.53. The summed E-state index contributed by atoms with van der Waals surface area (Å²) in [4.78, 5) is 11.9. The Bertz CT molecular complexity index is 652. The number of carbonyl (C=O) groups excluding carboxylic acids is 1. The molecular weight excluding hydrogens is 262 g/mol. The van der Waals surface area contributed by atoms with Crippen LogP contribution in [0.5, 0.6) is 0 Å². The molecule has 2 aromatic rings. The van der Waals surface area contributed by atoms with Gasteiger partial charge in [-0.05, 0) is 30.2 Å². The number of carbonyl (C=O) groups is 1. The quantitative estimate of drug-likeness (QED) is 0.876. The number of methoxy groups -OCH3 is 1. The summed E-state index contributed by atoms with van der Waals surface area (Å²) in [7, 11) is 1.41. The van der Waals surface area contributed by atoms with Crippen molar-refractivity contribution in [3.63, 3.8) is 0 Å². The molecule has 112 valence electrons. The molecule has 0 aliphatic heterocycles. The van der Waals surface area contributed by atoms with E-state index in [2.05, 4.69) is 24.3 Å². The monoisotopic (exact) mass is 285 g/mol. The average molecular weight is 285 g/mol.